The molecule has 0 heterocycles. The van der Waals surface area contributed by atoms with Gasteiger partial charge in [-0.15, -0.1) is 0 Å². The van der Waals surface area contributed by atoms with Crippen LogP contribution in [0.3, 0.4) is 0 Å². The van der Waals surface area contributed by atoms with Crippen LogP contribution in [-0.2, 0) is 10.2 Å². The molecule has 0 bridgehead atoms. The summed E-state index contributed by atoms with van der Waals surface area (Å²) < 4.78 is 10.2. The number of carbonyl (C=O) groups is 2. The molecule has 1 aromatic carbocycles. The van der Waals surface area contributed by atoms with E-state index in [0.717, 1.165) is 6.42 Å². The first-order chi connectivity index (χ1) is 9.46. The fourth-order valence-electron chi connectivity index (χ4n) is 2.57. The number of carboxylic acid groups (broad SMARTS) is 2. The Morgan fingerprint density at radius 2 is 1.70 bits per heavy atom. The normalized spacial score (nSPS) is 16.1. The first kappa shape index (κ1) is 14.2. The third-order valence-corrected chi connectivity index (χ3v) is 3.88. The molecular formula is C14H16O6. The topological polar surface area (TPSA) is 93.1 Å². The van der Waals surface area contributed by atoms with Gasteiger partial charge in [-0.3, -0.25) is 4.79 Å². The van der Waals surface area contributed by atoms with Crippen molar-refractivity contribution >= 4 is 11.9 Å². The van der Waals surface area contributed by atoms with Gasteiger partial charge < -0.3 is 19.7 Å². The molecule has 1 saturated carbocycles. The van der Waals surface area contributed by atoms with Gasteiger partial charge in [0, 0.05) is 11.6 Å². The van der Waals surface area contributed by atoms with Crippen molar-refractivity contribution in [2.75, 3.05) is 14.2 Å². The SMILES string of the molecule is COc1cc(OC)c(C2(C(=O)O)CCC2)cc1C(=O)O. The van der Waals surface area contributed by atoms with Gasteiger partial charge in [-0.1, -0.05) is 6.42 Å². The number of methoxy groups -OCH3 is 2. The van der Waals surface area contributed by atoms with Crippen molar-refractivity contribution < 1.29 is 29.3 Å². The number of carboxylic acids is 2. The smallest absolute Gasteiger partial charge is 0.339 e. The molecule has 1 aliphatic carbocycles. The second-order valence-electron chi connectivity index (χ2n) is 4.80. The second-order valence-corrected chi connectivity index (χ2v) is 4.80. The summed E-state index contributed by atoms with van der Waals surface area (Å²) in [5.41, 5.74) is -0.713. The monoisotopic (exact) mass is 280 g/mol. The molecule has 6 heteroatoms. The lowest BCUT2D eigenvalue weighted by atomic mass is 9.64. The van der Waals surface area contributed by atoms with Gasteiger partial charge in [0.1, 0.15) is 17.1 Å². The van der Waals surface area contributed by atoms with Crippen molar-refractivity contribution in [1.82, 2.24) is 0 Å². The van der Waals surface area contributed by atoms with E-state index in [1.54, 1.807) is 0 Å². The number of benzene rings is 1. The van der Waals surface area contributed by atoms with Crippen molar-refractivity contribution in [3.05, 3.63) is 23.3 Å². The molecule has 0 saturated heterocycles. The zero-order valence-corrected chi connectivity index (χ0v) is 11.3. The Kier molecular flexibility index (Phi) is 3.57. The van der Waals surface area contributed by atoms with Crippen molar-refractivity contribution in [3.63, 3.8) is 0 Å². The van der Waals surface area contributed by atoms with Crippen LogP contribution in [0.25, 0.3) is 0 Å². The minimum absolute atomic E-state index is 0.0594. The van der Waals surface area contributed by atoms with E-state index in [1.807, 2.05) is 0 Å². The molecule has 2 N–H and O–H groups in total. The van der Waals surface area contributed by atoms with Gasteiger partial charge in [0.05, 0.1) is 19.6 Å². The third kappa shape index (κ3) is 1.97. The van der Waals surface area contributed by atoms with Gasteiger partial charge in [-0.2, -0.15) is 0 Å². The Balaban J connectivity index is 2.65. The fraction of sp³-hybridized carbons (Fsp3) is 0.429. The third-order valence-electron chi connectivity index (χ3n) is 3.88. The van der Waals surface area contributed by atoms with Gasteiger partial charge in [-0.05, 0) is 18.9 Å². The Bertz CT molecular complexity index is 559. The molecule has 1 fully saturated rings. The lowest BCUT2D eigenvalue weighted by Gasteiger charge is -2.39. The molecule has 0 aromatic heterocycles. The van der Waals surface area contributed by atoms with E-state index in [1.165, 1.54) is 26.4 Å². The van der Waals surface area contributed by atoms with Crippen LogP contribution in [-0.4, -0.2) is 36.4 Å². The maximum absolute atomic E-state index is 11.6. The number of aromatic carboxylic acids is 1. The van der Waals surface area contributed by atoms with E-state index in [2.05, 4.69) is 0 Å². The molecular weight excluding hydrogens is 264 g/mol. The van der Waals surface area contributed by atoms with Gasteiger partial charge in [0.25, 0.3) is 0 Å². The van der Waals surface area contributed by atoms with Crippen LogP contribution < -0.4 is 9.47 Å². The highest BCUT2D eigenvalue weighted by Gasteiger charge is 2.48. The number of hydrogen-bond donors (Lipinski definition) is 2. The lowest BCUT2D eigenvalue weighted by molar-refractivity contribution is -0.147. The van der Waals surface area contributed by atoms with Crippen molar-refractivity contribution in [2.45, 2.75) is 24.7 Å². The molecule has 0 spiro atoms. The van der Waals surface area contributed by atoms with E-state index in [0.29, 0.717) is 24.2 Å². The van der Waals surface area contributed by atoms with Crippen molar-refractivity contribution in [3.8, 4) is 11.5 Å². The van der Waals surface area contributed by atoms with Crippen LogP contribution in [0.1, 0.15) is 35.2 Å². The fourth-order valence-corrected chi connectivity index (χ4v) is 2.57. The van der Waals surface area contributed by atoms with Gasteiger partial charge in [0.2, 0.25) is 0 Å². The lowest BCUT2D eigenvalue weighted by Crippen LogP contribution is -2.42. The van der Waals surface area contributed by atoms with Crippen LogP contribution in [0.4, 0.5) is 0 Å². The highest BCUT2D eigenvalue weighted by Crippen LogP contribution is 2.48. The summed E-state index contributed by atoms with van der Waals surface area (Å²) in [6.07, 6.45) is 1.75. The summed E-state index contributed by atoms with van der Waals surface area (Å²) in [4.78, 5) is 22.8. The van der Waals surface area contributed by atoms with Crippen LogP contribution in [0.15, 0.2) is 12.1 Å². The number of rotatable bonds is 5. The van der Waals surface area contributed by atoms with Gasteiger partial charge >= 0.3 is 11.9 Å². The standard InChI is InChI=1S/C14H16O6/c1-19-10-7-11(20-2)9(6-8(10)12(15)16)14(13(17)18)4-3-5-14/h6-7H,3-5H2,1-2H3,(H,15,16)(H,17,18). The summed E-state index contributed by atoms with van der Waals surface area (Å²) in [6.45, 7) is 0. The average Bonchev–Trinajstić information content (AvgIpc) is 2.36. The highest BCUT2D eigenvalue weighted by atomic mass is 16.5. The molecule has 2 rings (SSSR count). The van der Waals surface area contributed by atoms with E-state index >= 15 is 0 Å². The predicted octanol–water partition coefficient (Wildman–Crippen LogP) is 1.91. The van der Waals surface area contributed by atoms with Gasteiger partial charge in [-0.25, -0.2) is 4.79 Å². The zero-order valence-electron chi connectivity index (χ0n) is 11.3. The molecule has 1 aromatic rings. The summed E-state index contributed by atoms with van der Waals surface area (Å²) in [5, 5.41) is 18.7. The maximum atomic E-state index is 11.6. The van der Waals surface area contributed by atoms with E-state index in [-0.39, 0.29) is 11.3 Å². The largest absolute Gasteiger partial charge is 0.496 e. The van der Waals surface area contributed by atoms with Gasteiger partial charge in [0.15, 0.2) is 0 Å². The summed E-state index contributed by atoms with van der Waals surface area (Å²) in [5.74, 6) is -1.62. The van der Waals surface area contributed by atoms with Crippen LogP contribution in [0.5, 0.6) is 11.5 Å². The molecule has 6 nitrogen and oxygen atoms in total. The molecule has 20 heavy (non-hydrogen) atoms. The van der Waals surface area contributed by atoms with E-state index in [4.69, 9.17) is 9.47 Å². The molecule has 0 atom stereocenters. The average molecular weight is 280 g/mol. The minimum Gasteiger partial charge on any atom is -0.496 e. The van der Waals surface area contributed by atoms with Crippen LogP contribution in [0, 0.1) is 0 Å². The minimum atomic E-state index is -1.16. The molecule has 0 aliphatic heterocycles. The first-order valence-corrected chi connectivity index (χ1v) is 6.19. The highest BCUT2D eigenvalue weighted by molar-refractivity contribution is 5.93. The number of aliphatic carboxylic acids is 1. The number of hydrogen-bond acceptors (Lipinski definition) is 4. The first-order valence-electron chi connectivity index (χ1n) is 6.19. The van der Waals surface area contributed by atoms with Crippen LogP contribution >= 0.6 is 0 Å². The van der Waals surface area contributed by atoms with Crippen molar-refractivity contribution in [1.29, 1.82) is 0 Å². The zero-order chi connectivity index (χ0) is 14.9. The second kappa shape index (κ2) is 5.03. The predicted molar refractivity (Wildman–Crippen MR) is 69.7 cm³/mol. The Hall–Kier alpha value is -2.24. The molecule has 0 unspecified atom stereocenters. The molecule has 0 radical (unpaired) electrons. The van der Waals surface area contributed by atoms with E-state index < -0.39 is 17.4 Å². The van der Waals surface area contributed by atoms with Crippen LogP contribution in [0.2, 0.25) is 0 Å². The molecule has 0 amide bonds. The molecule has 1 aliphatic rings. The summed E-state index contributed by atoms with van der Waals surface area (Å²) in [7, 11) is 2.78. The number of ether oxygens (including phenoxy) is 2. The quantitative estimate of drug-likeness (QED) is 0.855. The summed E-state index contributed by atoms with van der Waals surface area (Å²) in [6, 6.07) is 2.79. The molecule has 108 valence electrons. The Morgan fingerprint density at radius 1 is 1.10 bits per heavy atom. The Morgan fingerprint density at radius 3 is 2.05 bits per heavy atom. The Labute approximate surface area is 115 Å². The van der Waals surface area contributed by atoms with E-state index in [9.17, 15) is 19.8 Å². The maximum Gasteiger partial charge on any atom is 0.339 e. The van der Waals surface area contributed by atoms with Crippen molar-refractivity contribution in [2.24, 2.45) is 0 Å². The summed E-state index contributed by atoms with van der Waals surface area (Å²) >= 11 is 0.